The third-order valence-corrected chi connectivity index (χ3v) is 3.35. The van der Waals surface area contributed by atoms with E-state index in [1.54, 1.807) is 11.7 Å². The molecule has 1 aromatic heterocycles. The van der Waals surface area contributed by atoms with Gasteiger partial charge in [-0.05, 0) is 32.4 Å². The highest BCUT2D eigenvalue weighted by Crippen LogP contribution is 2.22. The van der Waals surface area contributed by atoms with Crippen LogP contribution in [0.1, 0.15) is 26.3 Å². The van der Waals surface area contributed by atoms with Crippen molar-refractivity contribution in [2.75, 3.05) is 25.6 Å². The smallest absolute Gasteiger partial charge is 0.274 e. The van der Waals surface area contributed by atoms with Gasteiger partial charge in [-0.25, -0.2) is 0 Å². The summed E-state index contributed by atoms with van der Waals surface area (Å²) in [7, 11) is 1.66. The number of aromatic nitrogens is 1. The number of methoxy groups -OCH3 is 1. The lowest BCUT2D eigenvalue weighted by Gasteiger charge is -2.32. The van der Waals surface area contributed by atoms with E-state index >= 15 is 0 Å². The van der Waals surface area contributed by atoms with Crippen molar-refractivity contribution in [3.05, 3.63) is 28.7 Å². The Balaban J connectivity index is 2.31. The first-order valence-electron chi connectivity index (χ1n) is 6.71. The third-order valence-electron chi connectivity index (χ3n) is 3.35. The standard InChI is InChI=1S/C14H22N2O3/c1-10(2)15-11-5-4-7-16(14(11)17)12-6-8-19-9-13(12)18-3/h4-5,7,10,12-13,15H,6,8-9H2,1-3H3/t12-,13+/m0/s1. The van der Waals surface area contributed by atoms with Crippen molar-refractivity contribution in [3.8, 4) is 0 Å². The SMILES string of the molecule is CO[C@@H]1COCC[C@@H]1n1cccc(NC(C)C)c1=O. The molecule has 1 aliphatic rings. The van der Waals surface area contributed by atoms with E-state index in [1.165, 1.54) is 0 Å². The number of hydrogen-bond acceptors (Lipinski definition) is 4. The topological polar surface area (TPSA) is 52.5 Å². The molecule has 0 aliphatic carbocycles. The predicted molar refractivity (Wildman–Crippen MR) is 74.7 cm³/mol. The highest BCUT2D eigenvalue weighted by molar-refractivity contribution is 5.41. The van der Waals surface area contributed by atoms with E-state index in [0.29, 0.717) is 18.9 Å². The molecule has 106 valence electrons. The summed E-state index contributed by atoms with van der Waals surface area (Å²) < 4.78 is 12.6. The van der Waals surface area contributed by atoms with Crippen LogP contribution in [0.3, 0.4) is 0 Å². The van der Waals surface area contributed by atoms with Crippen LogP contribution in [0.15, 0.2) is 23.1 Å². The van der Waals surface area contributed by atoms with Gasteiger partial charge in [-0.3, -0.25) is 4.79 Å². The summed E-state index contributed by atoms with van der Waals surface area (Å²) >= 11 is 0. The van der Waals surface area contributed by atoms with Gasteiger partial charge in [0.1, 0.15) is 11.8 Å². The summed E-state index contributed by atoms with van der Waals surface area (Å²) in [4.78, 5) is 12.5. The molecule has 1 saturated heterocycles. The third kappa shape index (κ3) is 3.16. The molecule has 2 heterocycles. The number of rotatable bonds is 4. The lowest BCUT2D eigenvalue weighted by Crippen LogP contribution is -2.40. The van der Waals surface area contributed by atoms with Crippen molar-refractivity contribution in [1.82, 2.24) is 4.57 Å². The molecule has 0 spiro atoms. The average Bonchev–Trinajstić information content (AvgIpc) is 2.41. The molecule has 0 radical (unpaired) electrons. The van der Waals surface area contributed by atoms with E-state index in [1.807, 2.05) is 32.2 Å². The zero-order chi connectivity index (χ0) is 13.8. The number of hydrogen-bond donors (Lipinski definition) is 1. The van der Waals surface area contributed by atoms with Crippen LogP contribution in [-0.2, 0) is 9.47 Å². The molecule has 2 rings (SSSR count). The number of anilines is 1. The summed E-state index contributed by atoms with van der Waals surface area (Å²) in [6.45, 7) is 5.24. The molecule has 5 heteroatoms. The maximum Gasteiger partial charge on any atom is 0.274 e. The first-order valence-corrected chi connectivity index (χ1v) is 6.71. The Bertz CT molecular complexity index is 470. The first kappa shape index (κ1) is 14.1. The van der Waals surface area contributed by atoms with Crippen molar-refractivity contribution in [2.45, 2.75) is 38.5 Å². The Labute approximate surface area is 113 Å². The monoisotopic (exact) mass is 266 g/mol. The Hall–Kier alpha value is -1.33. The molecule has 0 amide bonds. The molecule has 1 aromatic rings. The van der Waals surface area contributed by atoms with Crippen LogP contribution in [-0.4, -0.2) is 37.0 Å². The molecule has 5 nitrogen and oxygen atoms in total. The number of ether oxygens (including phenoxy) is 2. The largest absolute Gasteiger partial charge is 0.379 e. The normalized spacial score (nSPS) is 23.6. The molecular weight excluding hydrogens is 244 g/mol. The van der Waals surface area contributed by atoms with Crippen LogP contribution in [0.25, 0.3) is 0 Å². The van der Waals surface area contributed by atoms with E-state index in [0.717, 1.165) is 6.42 Å². The van der Waals surface area contributed by atoms with Crippen molar-refractivity contribution < 1.29 is 9.47 Å². The van der Waals surface area contributed by atoms with Gasteiger partial charge in [0.2, 0.25) is 0 Å². The minimum absolute atomic E-state index is 0.00477. The van der Waals surface area contributed by atoms with Gasteiger partial charge in [0, 0.05) is 26.0 Å². The first-order chi connectivity index (χ1) is 9.13. The second kappa shape index (κ2) is 6.21. The average molecular weight is 266 g/mol. The second-order valence-corrected chi connectivity index (χ2v) is 5.14. The van der Waals surface area contributed by atoms with Gasteiger partial charge in [-0.15, -0.1) is 0 Å². The van der Waals surface area contributed by atoms with E-state index in [4.69, 9.17) is 9.47 Å². The van der Waals surface area contributed by atoms with Gasteiger partial charge in [0.05, 0.1) is 12.6 Å². The molecule has 1 N–H and O–H groups in total. The van der Waals surface area contributed by atoms with Crippen molar-refractivity contribution in [2.24, 2.45) is 0 Å². The summed E-state index contributed by atoms with van der Waals surface area (Å²) in [5, 5.41) is 3.18. The molecule has 1 fully saturated rings. The predicted octanol–water partition coefficient (Wildman–Crippen LogP) is 1.64. The van der Waals surface area contributed by atoms with Gasteiger partial charge in [-0.1, -0.05) is 0 Å². The van der Waals surface area contributed by atoms with Gasteiger partial charge in [0.15, 0.2) is 0 Å². The highest BCUT2D eigenvalue weighted by atomic mass is 16.5. The molecule has 1 aliphatic heterocycles. The molecule has 0 aromatic carbocycles. The second-order valence-electron chi connectivity index (χ2n) is 5.14. The maximum atomic E-state index is 12.5. The van der Waals surface area contributed by atoms with Crippen LogP contribution >= 0.6 is 0 Å². The molecule has 19 heavy (non-hydrogen) atoms. The van der Waals surface area contributed by atoms with Crippen LogP contribution in [0, 0.1) is 0 Å². The molecule has 2 atom stereocenters. The van der Waals surface area contributed by atoms with Crippen LogP contribution < -0.4 is 10.9 Å². The van der Waals surface area contributed by atoms with Crippen molar-refractivity contribution in [1.29, 1.82) is 0 Å². The molecular formula is C14H22N2O3. The highest BCUT2D eigenvalue weighted by Gasteiger charge is 2.28. The van der Waals surface area contributed by atoms with E-state index in [2.05, 4.69) is 5.32 Å². The van der Waals surface area contributed by atoms with Crippen LogP contribution in [0.5, 0.6) is 0 Å². The molecule has 0 saturated carbocycles. The summed E-state index contributed by atoms with van der Waals surface area (Å²) in [6, 6.07) is 3.99. The van der Waals surface area contributed by atoms with Gasteiger partial charge in [-0.2, -0.15) is 0 Å². The fraction of sp³-hybridized carbons (Fsp3) is 0.643. The van der Waals surface area contributed by atoms with Crippen molar-refractivity contribution in [3.63, 3.8) is 0 Å². The van der Waals surface area contributed by atoms with E-state index in [9.17, 15) is 4.79 Å². The summed E-state index contributed by atoms with van der Waals surface area (Å²) in [5.41, 5.74) is 0.643. The Morgan fingerprint density at radius 1 is 1.53 bits per heavy atom. The minimum atomic E-state index is -0.0688. The lowest BCUT2D eigenvalue weighted by atomic mass is 10.1. The van der Waals surface area contributed by atoms with E-state index < -0.39 is 0 Å². The van der Waals surface area contributed by atoms with Crippen molar-refractivity contribution >= 4 is 5.69 Å². The number of nitrogens with zero attached hydrogens (tertiary/aromatic N) is 1. The molecule has 0 unspecified atom stereocenters. The Kier molecular flexibility index (Phi) is 4.61. The van der Waals surface area contributed by atoms with Crippen LogP contribution in [0.4, 0.5) is 5.69 Å². The fourth-order valence-corrected chi connectivity index (χ4v) is 2.44. The van der Waals surface area contributed by atoms with E-state index in [-0.39, 0.29) is 23.7 Å². The summed E-state index contributed by atoms with van der Waals surface area (Å²) in [5.74, 6) is 0. The fourth-order valence-electron chi connectivity index (χ4n) is 2.44. The lowest BCUT2D eigenvalue weighted by molar-refractivity contribution is -0.0609. The number of nitrogens with one attached hydrogen (secondary N) is 1. The Morgan fingerprint density at radius 2 is 2.32 bits per heavy atom. The number of pyridine rings is 1. The quantitative estimate of drug-likeness (QED) is 0.900. The van der Waals surface area contributed by atoms with Gasteiger partial charge >= 0.3 is 0 Å². The zero-order valence-electron chi connectivity index (χ0n) is 11.8. The van der Waals surface area contributed by atoms with Crippen LogP contribution in [0.2, 0.25) is 0 Å². The zero-order valence-corrected chi connectivity index (χ0v) is 11.8. The van der Waals surface area contributed by atoms with Gasteiger partial charge in [0.25, 0.3) is 5.56 Å². The van der Waals surface area contributed by atoms with Gasteiger partial charge < -0.3 is 19.4 Å². The molecule has 0 bridgehead atoms. The Morgan fingerprint density at radius 3 is 3.00 bits per heavy atom. The maximum absolute atomic E-state index is 12.5. The minimum Gasteiger partial charge on any atom is -0.379 e. The summed E-state index contributed by atoms with van der Waals surface area (Å²) in [6.07, 6.45) is 2.56.